The maximum atomic E-state index is 12.5. The lowest BCUT2D eigenvalue weighted by Gasteiger charge is -2.12. The topological polar surface area (TPSA) is 23.8 Å². The molecular weight excluding hydrogens is 294 g/mol. The minimum atomic E-state index is -4.46. The van der Waals surface area contributed by atoms with Crippen molar-refractivity contribution in [3.63, 3.8) is 0 Å². The highest BCUT2D eigenvalue weighted by Crippen LogP contribution is 2.35. The third kappa shape index (κ3) is 2.64. The number of hydrogen-bond donors (Lipinski definition) is 0. The molecule has 0 aliphatic rings. The van der Waals surface area contributed by atoms with Gasteiger partial charge in [0.15, 0.2) is 0 Å². The van der Waals surface area contributed by atoms with Crippen LogP contribution >= 0.6 is 27.5 Å². The Bertz CT molecular complexity index is 423. The number of nitriles is 1. The van der Waals surface area contributed by atoms with Gasteiger partial charge in [-0.1, -0.05) is 27.5 Å². The van der Waals surface area contributed by atoms with Crippen molar-refractivity contribution in [2.45, 2.75) is 11.5 Å². The van der Waals surface area contributed by atoms with E-state index in [1.165, 1.54) is 0 Å². The number of alkyl halides is 4. The second-order valence-corrected chi connectivity index (χ2v) is 3.70. The lowest BCUT2D eigenvalue weighted by Crippen LogP contribution is -2.09. The molecule has 0 aliphatic heterocycles. The van der Waals surface area contributed by atoms with Crippen molar-refractivity contribution in [3.8, 4) is 6.07 Å². The fourth-order valence-electron chi connectivity index (χ4n) is 1.08. The Morgan fingerprint density at radius 3 is 2.40 bits per heavy atom. The van der Waals surface area contributed by atoms with Crippen LogP contribution in [0.3, 0.4) is 0 Å². The average molecular weight is 298 g/mol. The molecular formula is C9H4BrClF3N. The molecule has 0 saturated heterocycles. The first kappa shape index (κ1) is 12.3. The number of benzene rings is 1. The van der Waals surface area contributed by atoms with E-state index in [4.69, 9.17) is 16.9 Å². The van der Waals surface area contributed by atoms with Gasteiger partial charge in [0, 0.05) is 5.33 Å². The first-order valence-electron chi connectivity index (χ1n) is 3.76. The fraction of sp³-hybridized carbons (Fsp3) is 0.222. The normalized spacial score (nSPS) is 11.2. The zero-order chi connectivity index (χ0) is 11.6. The smallest absolute Gasteiger partial charge is 0.192 e. The molecule has 0 saturated carbocycles. The molecule has 0 unspecified atom stereocenters. The molecule has 0 aromatic heterocycles. The lowest BCUT2D eigenvalue weighted by atomic mass is 10.1. The summed E-state index contributed by atoms with van der Waals surface area (Å²) in [7, 11) is 0. The van der Waals surface area contributed by atoms with Crippen molar-refractivity contribution in [3.05, 3.63) is 33.8 Å². The van der Waals surface area contributed by atoms with E-state index >= 15 is 0 Å². The molecule has 0 fully saturated rings. The Morgan fingerprint density at radius 1 is 1.40 bits per heavy atom. The van der Waals surface area contributed by atoms with Crippen LogP contribution < -0.4 is 0 Å². The molecule has 0 atom stereocenters. The van der Waals surface area contributed by atoms with Gasteiger partial charge >= 0.3 is 6.18 Å². The van der Waals surface area contributed by atoms with Crippen LogP contribution in [0.4, 0.5) is 13.2 Å². The van der Waals surface area contributed by atoms with Crippen LogP contribution in [-0.4, -0.2) is 0 Å². The van der Waals surface area contributed by atoms with Gasteiger partial charge in [0.05, 0.1) is 16.1 Å². The highest BCUT2D eigenvalue weighted by molar-refractivity contribution is 9.08. The zero-order valence-corrected chi connectivity index (χ0v) is 9.54. The quantitative estimate of drug-likeness (QED) is 0.715. The van der Waals surface area contributed by atoms with Gasteiger partial charge in [0.25, 0.3) is 0 Å². The first-order valence-corrected chi connectivity index (χ1v) is 5.25. The SMILES string of the molecule is N#Cc1cc(CBr)c(C(F)(F)F)cc1Cl. The molecule has 80 valence electrons. The minimum absolute atomic E-state index is 0.00319. The Hall–Kier alpha value is -0.730. The fourth-order valence-corrected chi connectivity index (χ4v) is 1.75. The van der Waals surface area contributed by atoms with E-state index in [-0.39, 0.29) is 21.5 Å². The van der Waals surface area contributed by atoms with Crippen LogP contribution in [0.25, 0.3) is 0 Å². The highest BCUT2D eigenvalue weighted by atomic mass is 79.9. The van der Waals surface area contributed by atoms with Crippen LogP contribution in [-0.2, 0) is 11.5 Å². The van der Waals surface area contributed by atoms with E-state index in [0.29, 0.717) is 0 Å². The Morgan fingerprint density at radius 2 is 2.00 bits per heavy atom. The molecule has 1 rings (SSSR count). The predicted octanol–water partition coefficient (Wildman–Crippen LogP) is 4.13. The molecule has 0 amide bonds. The zero-order valence-electron chi connectivity index (χ0n) is 7.20. The maximum Gasteiger partial charge on any atom is 0.416 e. The van der Waals surface area contributed by atoms with Crippen molar-refractivity contribution < 1.29 is 13.2 Å². The molecule has 1 aromatic rings. The van der Waals surface area contributed by atoms with Gasteiger partial charge in [-0.2, -0.15) is 18.4 Å². The summed E-state index contributed by atoms with van der Waals surface area (Å²) >= 11 is 8.46. The first-order chi connectivity index (χ1) is 6.90. The highest BCUT2D eigenvalue weighted by Gasteiger charge is 2.33. The molecule has 1 nitrogen and oxygen atoms in total. The summed E-state index contributed by atoms with van der Waals surface area (Å²) in [5.41, 5.74) is -0.772. The Labute approximate surface area is 97.6 Å². The molecule has 0 heterocycles. The molecule has 0 aliphatic carbocycles. The molecule has 0 radical (unpaired) electrons. The largest absolute Gasteiger partial charge is 0.416 e. The summed E-state index contributed by atoms with van der Waals surface area (Å²) in [6.45, 7) is 0. The summed E-state index contributed by atoms with van der Waals surface area (Å²) in [6.07, 6.45) is -4.46. The van der Waals surface area contributed by atoms with Crippen LogP contribution in [0.1, 0.15) is 16.7 Å². The molecule has 0 N–H and O–H groups in total. The van der Waals surface area contributed by atoms with E-state index in [9.17, 15) is 13.2 Å². The number of halogens is 5. The van der Waals surface area contributed by atoms with Gasteiger partial charge in [-0.3, -0.25) is 0 Å². The molecule has 15 heavy (non-hydrogen) atoms. The molecule has 1 aromatic carbocycles. The van der Waals surface area contributed by atoms with E-state index < -0.39 is 11.7 Å². The number of nitrogens with zero attached hydrogens (tertiary/aromatic N) is 1. The monoisotopic (exact) mass is 297 g/mol. The molecule has 6 heteroatoms. The second kappa shape index (κ2) is 4.42. The third-order valence-electron chi connectivity index (χ3n) is 1.76. The van der Waals surface area contributed by atoms with Gasteiger partial charge in [-0.05, 0) is 17.7 Å². The van der Waals surface area contributed by atoms with Crippen molar-refractivity contribution in [1.82, 2.24) is 0 Å². The number of rotatable bonds is 1. The van der Waals surface area contributed by atoms with Crippen LogP contribution in [0.2, 0.25) is 5.02 Å². The standard InChI is InChI=1S/C9H4BrClF3N/c10-3-5-1-6(4-15)8(11)2-7(5)9(12,13)14/h1-2H,3H2. The summed E-state index contributed by atoms with van der Waals surface area (Å²) in [6, 6.07) is 3.64. The summed E-state index contributed by atoms with van der Waals surface area (Å²) < 4.78 is 37.5. The van der Waals surface area contributed by atoms with Gasteiger partial charge < -0.3 is 0 Å². The lowest BCUT2D eigenvalue weighted by molar-refractivity contribution is -0.138. The van der Waals surface area contributed by atoms with Crippen molar-refractivity contribution >= 4 is 27.5 Å². The van der Waals surface area contributed by atoms with Gasteiger partial charge in [-0.15, -0.1) is 0 Å². The maximum absolute atomic E-state index is 12.5. The van der Waals surface area contributed by atoms with Gasteiger partial charge in [0.1, 0.15) is 6.07 Å². The van der Waals surface area contributed by atoms with Crippen molar-refractivity contribution in [2.75, 3.05) is 0 Å². The summed E-state index contributed by atoms with van der Waals surface area (Å²) in [4.78, 5) is 0. The summed E-state index contributed by atoms with van der Waals surface area (Å²) in [5, 5.41) is 8.44. The van der Waals surface area contributed by atoms with E-state index in [1.54, 1.807) is 6.07 Å². The third-order valence-corrected chi connectivity index (χ3v) is 2.68. The van der Waals surface area contributed by atoms with E-state index in [1.807, 2.05) is 0 Å². The van der Waals surface area contributed by atoms with Crippen molar-refractivity contribution in [2.24, 2.45) is 0 Å². The summed E-state index contributed by atoms with van der Waals surface area (Å²) in [5.74, 6) is 0. The Balaban J connectivity index is 3.42. The van der Waals surface area contributed by atoms with Gasteiger partial charge in [0.2, 0.25) is 0 Å². The Kier molecular flexibility index (Phi) is 3.63. The molecule has 0 bridgehead atoms. The van der Waals surface area contributed by atoms with Crippen LogP contribution in [0, 0.1) is 11.3 Å². The number of hydrogen-bond acceptors (Lipinski definition) is 1. The van der Waals surface area contributed by atoms with Crippen molar-refractivity contribution in [1.29, 1.82) is 5.26 Å². The minimum Gasteiger partial charge on any atom is -0.192 e. The van der Waals surface area contributed by atoms with Crippen LogP contribution in [0.15, 0.2) is 12.1 Å². The van der Waals surface area contributed by atoms with Gasteiger partial charge in [-0.25, -0.2) is 0 Å². The van der Waals surface area contributed by atoms with E-state index in [2.05, 4.69) is 15.9 Å². The van der Waals surface area contributed by atoms with E-state index in [0.717, 1.165) is 12.1 Å². The van der Waals surface area contributed by atoms with Crippen LogP contribution in [0.5, 0.6) is 0 Å². The second-order valence-electron chi connectivity index (χ2n) is 2.73. The average Bonchev–Trinajstić information content (AvgIpc) is 2.16. The predicted molar refractivity (Wildman–Crippen MR) is 53.8 cm³/mol. The molecule has 0 spiro atoms.